The molecule has 4 rings (SSSR count). The Labute approximate surface area is 168 Å². The summed E-state index contributed by atoms with van der Waals surface area (Å²) >= 11 is 0. The van der Waals surface area contributed by atoms with Crippen LogP contribution in [0.2, 0.25) is 0 Å². The molecule has 0 unspecified atom stereocenters. The number of pyridine rings is 2. The maximum absolute atomic E-state index is 12.8. The molecule has 0 fully saturated rings. The lowest BCUT2D eigenvalue weighted by Crippen LogP contribution is -2.23. The number of nitrogens with zero attached hydrogens (tertiary/aromatic N) is 2. The van der Waals surface area contributed by atoms with Gasteiger partial charge in [-0.05, 0) is 29.1 Å². The smallest absolute Gasteiger partial charge is 0.253 e. The van der Waals surface area contributed by atoms with E-state index in [-0.39, 0.29) is 5.91 Å². The first kappa shape index (κ1) is 18.4. The molecule has 1 amide bonds. The molecule has 0 spiro atoms. The highest BCUT2D eigenvalue weighted by Gasteiger charge is 2.14. The Bertz CT molecular complexity index is 1150. The molecular formula is C23H20N4O2. The standard InChI is InChI=1S/C23H20N4O2/c1-29-21-11-5-4-10-20(21)27-22-18-9-3-2-8-17(18)19(15-25-22)23(28)26-14-16-7-6-12-24-13-16/h2-13,15H,14H2,1H3,(H,25,27)(H,26,28). The van der Waals surface area contributed by atoms with E-state index in [9.17, 15) is 4.79 Å². The molecule has 0 aliphatic carbocycles. The zero-order chi connectivity index (χ0) is 20.1. The van der Waals surface area contributed by atoms with Crippen LogP contribution in [0.5, 0.6) is 5.75 Å². The number of nitrogens with one attached hydrogen (secondary N) is 2. The minimum atomic E-state index is -0.179. The molecule has 144 valence electrons. The zero-order valence-electron chi connectivity index (χ0n) is 15.9. The van der Waals surface area contributed by atoms with Crippen LogP contribution < -0.4 is 15.4 Å². The SMILES string of the molecule is COc1ccccc1Nc1ncc(C(=O)NCc2cccnc2)c2ccccc12. The van der Waals surface area contributed by atoms with Crippen molar-refractivity contribution in [2.24, 2.45) is 0 Å². The third-order valence-electron chi connectivity index (χ3n) is 4.58. The molecule has 0 saturated carbocycles. The molecule has 2 N–H and O–H groups in total. The van der Waals surface area contributed by atoms with E-state index in [0.29, 0.717) is 17.9 Å². The number of benzene rings is 2. The summed E-state index contributed by atoms with van der Waals surface area (Å²) in [5.41, 5.74) is 2.27. The van der Waals surface area contributed by atoms with Gasteiger partial charge in [-0.15, -0.1) is 0 Å². The van der Waals surface area contributed by atoms with Gasteiger partial charge in [0.15, 0.2) is 0 Å². The van der Waals surface area contributed by atoms with Gasteiger partial charge in [0, 0.05) is 30.5 Å². The molecule has 6 nitrogen and oxygen atoms in total. The van der Waals surface area contributed by atoms with Gasteiger partial charge in [0.1, 0.15) is 11.6 Å². The Hall–Kier alpha value is -3.93. The molecular weight excluding hydrogens is 364 g/mol. The van der Waals surface area contributed by atoms with Crippen molar-refractivity contribution in [2.45, 2.75) is 6.54 Å². The number of amides is 1. The maximum atomic E-state index is 12.8. The lowest BCUT2D eigenvalue weighted by molar-refractivity contribution is 0.0952. The number of anilines is 2. The Morgan fingerprint density at radius 2 is 1.76 bits per heavy atom. The molecule has 0 aliphatic heterocycles. The van der Waals surface area contributed by atoms with Gasteiger partial charge >= 0.3 is 0 Å². The van der Waals surface area contributed by atoms with E-state index in [2.05, 4.69) is 20.6 Å². The van der Waals surface area contributed by atoms with Crippen LogP contribution in [0.25, 0.3) is 10.8 Å². The van der Waals surface area contributed by atoms with Crippen LogP contribution in [0.15, 0.2) is 79.3 Å². The number of ether oxygens (including phenoxy) is 1. The average Bonchev–Trinajstić information content (AvgIpc) is 2.79. The van der Waals surface area contributed by atoms with E-state index < -0.39 is 0 Å². The van der Waals surface area contributed by atoms with Gasteiger partial charge in [0.25, 0.3) is 5.91 Å². The lowest BCUT2D eigenvalue weighted by atomic mass is 10.1. The average molecular weight is 384 g/mol. The number of methoxy groups -OCH3 is 1. The lowest BCUT2D eigenvalue weighted by Gasteiger charge is -2.14. The van der Waals surface area contributed by atoms with Crippen LogP contribution in [-0.2, 0) is 6.54 Å². The second kappa shape index (κ2) is 8.39. The fourth-order valence-electron chi connectivity index (χ4n) is 3.13. The van der Waals surface area contributed by atoms with Gasteiger partial charge in [-0.2, -0.15) is 0 Å². The van der Waals surface area contributed by atoms with Crippen molar-refractivity contribution < 1.29 is 9.53 Å². The highest BCUT2D eigenvalue weighted by atomic mass is 16.5. The van der Waals surface area contributed by atoms with Gasteiger partial charge in [-0.3, -0.25) is 9.78 Å². The molecule has 0 saturated heterocycles. The van der Waals surface area contributed by atoms with Crippen LogP contribution in [-0.4, -0.2) is 23.0 Å². The summed E-state index contributed by atoms with van der Waals surface area (Å²) in [5.74, 6) is 1.20. The minimum Gasteiger partial charge on any atom is -0.495 e. The third-order valence-corrected chi connectivity index (χ3v) is 4.58. The fraction of sp³-hybridized carbons (Fsp3) is 0.0870. The number of para-hydroxylation sites is 2. The van der Waals surface area contributed by atoms with E-state index in [1.807, 2.05) is 60.7 Å². The zero-order valence-corrected chi connectivity index (χ0v) is 15.9. The monoisotopic (exact) mass is 384 g/mol. The van der Waals surface area contributed by atoms with Crippen molar-refractivity contribution in [3.63, 3.8) is 0 Å². The summed E-state index contributed by atoms with van der Waals surface area (Å²) in [6.07, 6.45) is 5.03. The molecule has 6 heteroatoms. The first-order valence-corrected chi connectivity index (χ1v) is 9.21. The number of rotatable bonds is 6. The van der Waals surface area contributed by atoms with Crippen LogP contribution in [0.4, 0.5) is 11.5 Å². The summed E-state index contributed by atoms with van der Waals surface area (Å²) in [7, 11) is 1.63. The van der Waals surface area contributed by atoms with Crippen molar-refractivity contribution in [2.75, 3.05) is 12.4 Å². The normalized spacial score (nSPS) is 10.5. The number of aromatic nitrogens is 2. The topological polar surface area (TPSA) is 76.1 Å². The summed E-state index contributed by atoms with van der Waals surface area (Å²) in [6.45, 7) is 0.405. The van der Waals surface area contributed by atoms with Crippen LogP contribution >= 0.6 is 0 Å². The summed E-state index contributed by atoms with van der Waals surface area (Å²) in [6, 6.07) is 19.1. The fourth-order valence-corrected chi connectivity index (χ4v) is 3.13. The van der Waals surface area contributed by atoms with Crippen molar-refractivity contribution in [3.8, 4) is 5.75 Å². The molecule has 29 heavy (non-hydrogen) atoms. The van der Waals surface area contributed by atoms with Crippen molar-refractivity contribution in [3.05, 3.63) is 90.4 Å². The quantitative estimate of drug-likeness (QED) is 0.518. The molecule has 0 bridgehead atoms. The number of hydrogen-bond acceptors (Lipinski definition) is 5. The van der Waals surface area contributed by atoms with Crippen molar-refractivity contribution in [1.82, 2.24) is 15.3 Å². The third kappa shape index (κ3) is 4.01. The maximum Gasteiger partial charge on any atom is 0.253 e. The van der Waals surface area contributed by atoms with E-state index in [4.69, 9.17) is 4.74 Å². The second-order valence-electron chi connectivity index (χ2n) is 6.44. The molecule has 0 radical (unpaired) electrons. The molecule has 0 aliphatic rings. The molecule has 2 aromatic heterocycles. The number of carbonyl (C=O) groups is 1. The molecule has 2 aromatic carbocycles. The largest absolute Gasteiger partial charge is 0.495 e. The first-order valence-electron chi connectivity index (χ1n) is 9.21. The number of fused-ring (bicyclic) bond motifs is 1. The van der Waals surface area contributed by atoms with E-state index in [0.717, 1.165) is 27.8 Å². The van der Waals surface area contributed by atoms with Crippen LogP contribution in [0, 0.1) is 0 Å². The predicted octanol–water partition coefficient (Wildman–Crippen LogP) is 4.31. The number of carbonyl (C=O) groups excluding carboxylic acids is 1. The summed E-state index contributed by atoms with van der Waals surface area (Å²) < 4.78 is 5.41. The highest BCUT2D eigenvalue weighted by Crippen LogP contribution is 2.31. The van der Waals surface area contributed by atoms with E-state index >= 15 is 0 Å². The van der Waals surface area contributed by atoms with Gasteiger partial charge in [-0.1, -0.05) is 42.5 Å². The number of hydrogen-bond donors (Lipinski definition) is 2. The Balaban J connectivity index is 1.64. The Kier molecular flexibility index (Phi) is 5.33. The van der Waals surface area contributed by atoms with Gasteiger partial charge < -0.3 is 15.4 Å². The Morgan fingerprint density at radius 3 is 2.55 bits per heavy atom. The summed E-state index contributed by atoms with van der Waals surface area (Å²) in [4.78, 5) is 21.4. The minimum absolute atomic E-state index is 0.179. The van der Waals surface area contributed by atoms with Crippen molar-refractivity contribution >= 4 is 28.2 Å². The molecule has 0 atom stereocenters. The predicted molar refractivity (Wildman–Crippen MR) is 113 cm³/mol. The van der Waals surface area contributed by atoms with E-state index in [1.165, 1.54) is 0 Å². The van der Waals surface area contributed by atoms with E-state index in [1.54, 1.807) is 25.7 Å². The van der Waals surface area contributed by atoms with Crippen LogP contribution in [0.3, 0.4) is 0 Å². The first-order chi connectivity index (χ1) is 14.3. The Morgan fingerprint density at radius 1 is 0.966 bits per heavy atom. The van der Waals surface area contributed by atoms with Gasteiger partial charge in [0.2, 0.25) is 0 Å². The van der Waals surface area contributed by atoms with Crippen molar-refractivity contribution in [1.29, 1.82) is 0 Å². The molecule has 2 heterocycles. The molecule has 4 aromatic rings. The second-order valence-corrected chi connectivity index (χ2v) is 6.44. The highest BCUT2D eigenvalue weighted by molar-refractivity contribution is 6.09. The van der Waals surface area contributed by atoms with Crippen LogP contribution in [0.1, 0.15) is 15.9 Å². The van der Waals surface area contributed by atoms with Gasteiger partial charge in [0.05, 0.1) is 18.4 Å². The van der Waals surface area contributed by atoms with Gasteiger partial charge in [-0.25, -0.2) is 4.98 Å². The summed E-state index contributed by atoms with van der Waals surface area (Å²) in [5, 5.41) is 7.93.